The summed E-state index contributed by atoms with van der Waals surface area (Å²) in [5, 5.41) is 3.55. The van der Waals surface area contributed by atoms with Gasteiger partial charge in [0.1, 0.15) is 5.75 Å². The summed E-state index contributed by atoms with van der Waals surface area (Å²) in [5.74, 6) is 0.875. The fraction of sp³-hybridized carbons (Fsp3) is 0.538. The number of ether oxygens (including phenoxy) is 1. The van der Waals surface area contributed by atoms with E-state index < -0.39 is 0 Å². The van der Waals surface area contributed by atoms with Gasteiger partial charge in [-0.1, -0.05) is 13.0 Å². The molecule has 0 heterocycles. The van der Waals surface area contributed by atoms with Crippen LogP contribution in [0, 0.1) is 0 Å². The first kappa shape index (κ1) is 13.5. The van der Waals surface area contributed by atoms with Crippen molar-refractivity contribution in [3.8, 4) is 5.75 Å². The zero-order valence-corrected chi connectivity index (χ0v) is 12.0. The first-order chi connectivity index (χ1) is 7.58. The zero-order valence-electron chi connectivity index (χ0n) is 10.4. The Morgan fingerprint density at radius 3 is 2.56 bits per heavy atom. The van der Waals surface area contributed by atoms with E-state index >= 15 is 0 Å². The molecule has 2 unspecified atom stereocenters. The van der Waals surface area contributed by atoms with Crippen LogP contribution in [0.2, 0.25) is 0 Å². The number of hydrogen-bond donors (Lipinski definition) is 1. The van der Waals surface area contributed by atoms with Crippen LogP contribution < -0.4 is 10.1 Å². The highest BCUT2D eigenvalue weighted by molar-refractivity contribution is 9.10. The number of rotatable bonds is 5. The van der Waals surface area contributed by atoms with E-state index in [1.54, 1.807) is 7.11 Å². The van der Waals surface area contributed by atoms with Crippen LogP contribution in [0.25, 0.3) is 0 Å². The van der Waals surface area contributed by atoms with Crippen LogP contribution in [0.1, 0.15) is 38.8 Å². The summed E-state index contributed by atoms with van der Waals surface area (Å²) < 4.78 is 6.22. The normalized spacial score (nSPS) is 14.6. The first-order valence-corrected chi connectivity index (χ1v) is 6.47. The van der Waals surface area contributed by atoms with E-state index in [0.29, 0.717) is 12.1 Å². The topological polar surface area (TPSA) is 21.3 Å². The van der Waals surface area contributed by atoms with Crippen LogP contribution in [0.15, 0.2) is 22.7 Å². The average molecular weight is 286 g/mol. The van der Waals surface area contributed by atoms with Crippen molar-refractivity contribution in [2.75, 3.05) is 7.11 Å². The molecule has 3 heteroatoms. The molecule has 1 aromatic rings. The number of hydrogen-bond acceptors (Lipinski definition) is 2. The summed E-state index contributed by atoms with van der Waals surface area (Å²) in [4.78, 5) is 0. The second kappa shape index (κ2) is 6.26. The highest BCUT2D eigenvalue weighted by atomic mass is 79.9. The van der Waals surface area contributed by atoms with Crippen molar-refractivity contribution in [2.45, 2.75) is 39.3 Å². The number of methoxy groups -OCH3 is 1. The van der Waals surface area contributed by atoms with Crippen molar-refractivity contribution in [1.29, 1.82) is 0 Å². The molecule has 0 fully saturated rings. The van der Waals surface area contributed by atoms with Crippen molar-refractivity contribution >= 4 is 15.9 Å². The van der Waals surface area contributed by atoms with Gasteiger partial charge in [0, 0.05) is 12.1 Å². The molecular weight excluding hydrogens is 266 g/mol. The lowest BCUT2D eigenvalue weighted by Gasteiger charge is -2.19. The monoisotopic (exact) mass is 285 g/mol. The van der Waals surface area contributed by atoms with Crippen LogP contribution >= 0.6 is 15.9 Å². The highest BCUT2D eigenvalue weighted by Crippen LogP contribution is 2.28. The number of benzene rings is 1. The van der Waals surface area contributed by atoms with Gasteiger partial charge in [-0.05, 0) is 53.9 Å². The lowest BCUT2D eigenvalue weighted by Crippen LogP contribution is -2.28. The zero-order chi connectivity index (χ0) is 12.1. The molecule has 0 spiro atoms. The van der Waals surface area contributed by atoms with E-state index in [9.17, 15) is 0 Å². The molecule has 0 saturated heterocycles. The van der Waals surface area contributed by atoms with E-state index in [2.05, 4.69) is 54.2 Å². The van der Waals surface area contributed by atoms with E-state index in [1.807, 2.05) is 6.07 Å². The van der Waals surface area contributed by atoms with Gasteiger partial charge in [-0.2, -0.15) is 0 Å². The van der Waals surface area contributed by atoms with Crippen molar-refractivity contribution in [3.05, 3.63) is 28.2 Å². The van der Waals surface area contributed by atoms with E-state index in [-0.39, 0.29) is 0 Å². The van der Waals surface area contributed by atoms with Gasteiger partial charge in [0.2, 0.25) is 0 Å². The molecule has 0 amide bonds. The molecule has 0 bridgehead atoms. The Bertz CT molecular complexity index is 341. The van der Waals surface area contributed by atoms with Gasteiger partial charge in [-0.25, -0.2) is 0 Å². The molecule has 1 aromatic carbocycles. The van der Waals surface area contributed by atoms with Crippen LogP contribution in [-0.4, -0.2) is 13.2 Å². The Hall–Kier alpha value is -0.540. The standard InChI is InChI=1S/C13H20BrNO/c1-5-9(2)15-10(3)11-6-7-13(16-4)12(14)8-11/h6-10,15H,5H2,1-4H3. The molecule has 0 aliphatic rings. The van der Waals surface area contributed by atoms with Crippen LogP contribution in [0.4, 0.5) is 0 Å². The van der Waals surface area contributed by atoms with Crippen LogP contribution in [0.3, 0.4) is 0 Å². The molecule has 16 heavy (non-hydrogen) atoms. The molecule has 2 nitrogen and oxygen atoms in total. The summed E-state index contributed by atoms with van der Waals surface area (Å²) in [6, 6.07) is 7.10. The average Bonchev–Trinajstić information content (AvgIpc) is 2.28. The number of halogens is 1. The smallest absolute Gasteiger partial charge is 0.133 e. The Balaban J connectivity index is 2.76. The molecule has 0 saturated carbocycles. The molecule has 2 atom stereocenters. The quantitative estimate of drug-likeness (QED) is 0.886. The summed E-state index contributed by atoms with van der Waals surface area (Å²) in [6.07, 6.45) is 1.14. The first-order valence-electron chi connectivity index (χ1n) is 5.68. The Morgan fingerprint density at radius 1 is 1.38 bits per heavy atom. The maximum Gasteiger partial charge on any atom is 0.133 e. The van der Waals surface area contributed by atoms with Gasteiger partial charge in [-0.3, -0.25) is 0 Å². The summed E-state index contributed by atoms with van der Waals surface area (Å²) >= 11 is 3.51. The van der Waals surface area contributed by atoms with E-state index in [1.165, 1.54) is 5.56 Å². The van der Waals surface area contributed by atoms with E-state index in [0.717, 1.165) is 16.6 Å². The summed E-state index contributed by atoms with van der Waals surface area (Å²) in [6.45, 7) is 6.57. The second-order valence-electron chi connectivity index (χ2n) is 4.09. The third kappa shape index (κ3) is 3.49. The molecule has 0 aromatic heterocycles. The Labute approximate surface area is 107 Å². The SMILES string of the molecule is CCC(C)NC(C)c1ccc(OC)c(Br)c1. The Kier molecular flexibility index (Phi) is 5.29. The fourth-order valence-corrected chi connectivity index (χ4v) is 2.15. The number of nitrogens with one attached hydrogen (secondary N) is 1. The maximum atomic E-state index is 5.21. The molecular formula is C13H20BrNO. The van der Waals surface area contributed by atoms with Crippen LogP contribution in [0.5, 0.6) is 5.75 Å². The minimum Gasteiger partial charge on any atom is -0.496 e. The Morgan fingerprint density at radius 2 is 2.06 bits per heavy atom. The van der Waals surface area contributed by atoms with Crippen molar-refractivity contribution in [3.63, 3.8) is 0 Å². The van der Waals surface area contributed by atoms with Crippen molar-refractivity contribution in [2.24, 2.45) is 0 Å². The van der Waals surface area contributed by atoms with Gasteiger partial charge in [0.15, 0.2) is 0 Å². The highest BCUT2D eigenvalue weighted by Gasteiger charge is 2.10. The van der Waals surface area contributed by atoms with Gasteiger partial charge < -0.3 is 10.1 Å². The maximum absolute atomic E-state index is 5.21. The minimum atomic E-state index is 0.358. The molecule has 1 rings (SSSR count). The lowest BCUT2D eigenvalue weighted by atomic mass is 10.1. The summed E-state index contributed by atoms with van der Waals surface area (Å²) in [7, 11) is 1.68. The molecule has 0 aliphatic carbocycles. The third-order valence-corrected chi connectivity index (χ3v) is 3.44. The minimum absolute atomic E-state index is 0.358. The predicted molar refractivity (Wildman–Crippen MR) is 72.0 cm³/mol. The molecule has 0 radical (unpaired) electrons. The largest absolute Gasteiger partial charge is 0.496 e. The second-order valence-corrected chi connectivity index (χ2v) is 4.95. The van der Waals surface area contributed by atoms with Gasteiger partial charge >= 0.3 is 0 Å². The fourth-order valence-electron chi connectivity index (χ4n) is 1.59. The van der Waals surface area contributed by atoms with E-state index in [4.69, 9.17) is 4.74 Å². The molecule has 90 valence electrons. The predicted octanol–water partition coefficient (Wildman–Crippen LogP) is 3.91. The third-order valence-electron chi connectivity index (χ3n) is 2.82. The van der Waals surface area contributed by atoms with Gasteiger partial charge in [0.25, 0.3) is 0 Å². The lowest BCUT2D eigenvalue weighted by molar-refractivity contribution is 0.411. The molecule has 1 N–H and O–H groups in total. The summed E-state index contributed by atoms with van der Waals surface area (Å²) in [5.41, 5.74) is 1.27. The van der Waals surface area contributed by atoms with Crippen molar-refractivity contribution < 1.29 is 4.74 Å². The molecule has 0 aliphatic heterocycles. The van der Waals surface area contributed by atoms with Gasteiger partial charge in [0.05, 0.1) is 11.6 Å². The van der Waals surface area contributed by atoms with Gasteiger partial charge in [-0.15, -0.1) is 0 Å². The van der Waals surface area contributed by atoms with Crippen molar-refractivity contribution in [1.82, 2.24) is 5.32 Å². The van der Waals surface area contributed by atoms with Crippen LogP contribution in [-0.2, 0) is 0 Å².